The molecular weight excluding hydrogens is 304 g/mol. The molecule has 23 heavy (non-hydrogen) atoms. The summed E-state index contributed by atoms with van der Waals surface area (Å²) in [5.41, 5.74) is 0.440. The van der Waals surface area contributed by atoms with Crippen LogP contribution in [0.25, 0.3) is 0 Å². The van der Waals surface area contributed by atoms with Gasteiger partial charge in [0.1, 0.15) is 0 Å². The summed E-state index contributed by atoms with van der Waals surface area (Å²) in [6, 6.07) is -1.14. The van der Waals surface area contributed by atoms with E-state index in [1.54, 1.807) is 0 Å². The van der Waals surface area contributed by atoms with E-state index in [0.717, 1.165) is 19.3 Å². The second kappa shape index (κ2) is 7.82. The summed E-state index contributed by atoms with van der Waals surface area (Å²) in [4.78, 5) is 11.3. The van der Waals surface area contributed by atoms with Crippen molar-refractivity contribution in [2.24, 2.45) is 0 Å². The van der Waals surface area contributed by atoms with Gasteiger partial charge in [0.2, 0.25) is 0 Å². The van der Waals surface area contributed by atoms with E-state index in [1.807, 2.05) is 0 Å². The lowest BCUT2D eigenvalue weighted by Gasteiger charge is -2.17. The fraction of sp³-hybridized carbons (Fsp3) is 0.786. The number of rotatable bonds is 8. The van der Waals surface area contributed by atoms with Crippen molar-refractivity contribution in [1.82, 2.24) is 20.3 Å². The predicted octanol–water partition coefficient (Wildman–Crippen LogP) is -1.24. The Labute approximate surface area is 133 Å². The zero-order valence-corrected chi connectivity index (χ0v) is 13.1. The number of aliphatic hydroxyl groups is 3. The van der Waals surface area contributed by atoms with Gasteiger partial charge in [0, 0.05) is 0 Å². The molecule has 1 aliphatic rings. The Morgan fingerprint density at radius 1 is 1.26 bits per heavy atom. The topological polar surface area (TPSA) is 141 Å². The van der Waals surface area contributed by atoms with E-state index in [-0.39, 0.29) is 18.8 Å². The van der Waals surface area contributed by atoms with Gasteiger partial charge in [-0.1, -0.05) is 25.0 Å². The van der Waals surface area contributed by atoms with Gasteiger partial charge < -0.3 is 25.7 Å². The van der Waals surface area contributed by atoms with Crippen molar-refractivity contribution in [3.63, 3.8) is 0 Å². The minimum Gasteiger partial charge on any atom is -0.476 e. The third kappa shape index (κ3) is 3.86. The van der Waals surface area contributed by atoms with Crippen LogP contribution in [0.1, 0.15) is 42.4 Å². The number of aliphatic hydroxyl groups excluding tert-OH is 3. The van der Waals surface area contributed by atoms with E-state index >= 15 is 0 Å². The fourth-order valence-electron chi connectivity index (χ4n) is 2.89. The third-order valence-corrected chi connectivity index (χ3v) is 4.23. The van der Waals surface area contributed by atoms with Gasteiger partial charge in [-0.2, -0.15) is 0 Å². The summed E-state index contributed by atoms with van der Waals surface area (Å²) >= 11 is 0. The molecule has 0 bridgehead atoms. The Morgan fingerprint density at radius 3 is 2.52 bits per heavy atom. The van der Waals surface area contributed by atoms with Gasteiger partial charge in [-0.15, -0.1) is 5.10 Å². The summed E-state index contributed by atoms with van der Waals surface area (Å²) < 4.78 is 1.46. The highest BCUT2D eigenvalue weighted by atomic mass is 16.4. The fourth-order valence-corrected chi connectivity index (χ4v) is 2.89. The molecule has 0 aliphatic carbocycles. The summed E-state index contributed by atoms with van der Waals surface area (Å²) in [5, 5.41) is 48.8. The van der Waals surface area contributed by atoms with Crippen molar-refractivity contribution in [1.29, 1.82) is 0 Å². The van der Waals surface area contributed by atoms with Crippen LogP contribution in [-0.4, -0.2) is 72.3 Å². The molecule has 0 radical (unpaired) electrons. The van der Waals surface area contributed by atoms with E-state index in [0.29, 0.717) is 12.1 Å². The molecule has 1 aliphatic heterocycles. The molecule has 2 heterocycles. The lowest BCUT2D eigenvalue weighted by molar-refractivity contribution is 0.0174. The minimum absolute atomic E-state index is 0.0761. The number of aromatic carboxylic acids is 1. The van der Waals surface area contributed by atoms with Crippen LogP contribution < -0.4 is 5.32 Å². The van der Waals surface area contributed by atoms with Crippen LogP contribution in [0.2, 0.25) is 0 Å². The van der Waals surface area contributed by atoms with Gasteiger partial charge in [0.05, 0.1) is 43.1 Å². The highest BCUT2D eigenvalue weighted by molar-refractivity contribution is 5.86. The zero-order valence-electron chi connectivity index (χ0n) is 13.1. The number of carbonyl (C=O) groups is 1. The molecule has 1 fully saturated rings. The molecule has 1 aromatic heterocycles. The maximum atomic E-state index is 11.3. The smallest absolute Gasteiger partial charge is 0.358 e. The molecule has 2 rings (SSSR count). The first-order valence-corrected chi connectivity index (χ1v) is 7.88. The van der Waals surface area contributed by atoms with Gasteiger partial charge in [-0.25, -0.2) is 9.48 Å². The quantitative estimate of drug-likeness (QED) is 0.373. The van der Waals surface area contributed by atoms with Crippen LogP contribution in [0.3, 0.4) is 0 Å². The van der Waals surface area contributed by atoms with Crippen LogP contribution in [0, 0.1) is 0 Å². The molecule has 0 spiro atoms. The van der Waals surface area contributed by atoms with Crippen molar-refractivity contribution < 1.29 is 25.2 Å². The number of hydrogen-bond donors (Lipinski definition) is 5. The Hall–Kier alpha value is -1.55. The SMILES string of the molecule is CCCCCc1c(C(=O)O)nnn1C[C@H]1N[C@H](CO)[C@@H](O)[C@@H]1O. The molecule has 5 N–H and O–H groups in total. The molecule has 0 saturated carbocycles. The Kier molecular flexibility index (Phi) is 6.05. The van der Waals surface area contributed by atoms with Crippen molar-refractivity contribution >= 4 is 5.97 Å². The molecule has 0 unspecified atom stereocenters. The first-order valence-electron chi connectivity index (χ1n) is 7.88. The molecule has 4 atom stereocenters. The molecule has 0 amide bonds. The average molecular weight is 328 g/mol. The van der Waals surface area contributed by atoms with Gasteiger partial charge in [-0.3, -0.25) is 0 Å². The first-order chi connectivity index (χ1) is 11.0. The Morgan fingerprint density at radius 2 is 1.96 bits per heavy atom. The summed E-state index contributed by atoms with van der Waals surface area (Å²) in [6.45, 7) is 1.94. The number of carboxylic acids is 1. The normalized spacial score (nSPS) is 27.5. The number of carboxylic acid groups (broad SMARTS) is 1. The Balaban J connectivity index is 2.14. The number of unbranched alkanes of at least 4 members (excludes halogenated alkanes) is 2. The number of nitrogens with one attached hydrogen (secondary N) is 1. The number of hydrogen-bond acceptors (Lipinski definition) is 7. The van der Waals surface area contributed by atoms with Crippen LogP contribution >= 0.6 is 0 Å². The van der Waals surface area contributed by atoms with Gasteiger partial charge >= 0.3 is 5.97 Å². The zero-order chi connectivity index (χ0) is 17.0. The molecular formula is C14H24N4O5. The average Bonchev–Trinajstić information content (AvgIpc) is 3.04. The van der Waals surface area contributed by atoms with E-state index in [9.17, 15) is 20.1 Å². The molecule has 130 valence electrons. The van der Waals surface area contributed by atoms with Crippen molar-refractivity contribution in [3.05, 3.63) is 11.4 Å². The third-order valence-electron chi connectivity index (χ3n) is 4.23. The van der Waals surface area contributed by atoms with Crippen molar-refractivity contribution in [2.45, 2.75) is 63.4 Å². The largest absolute Gasteiger partial charge is 0.476 e. The summed E-state index contributed by atoms with van der Waals surface area (Å²) in [6.07, 6.45) is 1.21. The number of nitrogens with zero attached hydrogens (tertiary/aromatic N) is 3. The minimum atomic E-state index is -1.13. The molecule has 0 aromatic carbocycles. The van der Waals surface area contributed by atoms with E-state index in [2.05, 4.69) is 22.6 Å². The van der Waals surface area contributed by atoms with Crippen LogP contribution in [0.5, 0.6) is 0 Å². The predicted molar refractivity (Wildman–Crippen MR) is 80.0 cm³/mol. The van der Waals surface area contributed by atoms with E-state index < -0.39 is 30.3 Å². The van der Waals surface area contributed by atoms with Crippen molar-refractivity contribution in [2.75, 3.05) is 6.61 Å². The van der Waals surface area contributed by atoms with Crippen LogP contribution in [0.15, 0.2) is 0 Å². The van der Waals surface area contributed by atoms with Gasteiger partial charge in [0.15, 0.2) is 5.69 Å². The second-order valence-corrected chi connectivity index (χ2v) is 5.87. The summed E-state index contributed by atoms with van der Waals surface area (Å²) in [5.74, 6) is -1.13. The first kappa shape index (κ1) is 17.8. The molecule has 9 nitrogen and oxygen atoms in total. The van der Waals surface area contributed by atoms with Gasteiger partial charge in [0.25, 0.3) is 0 Å². The lowest BCUT2D eigenvalue weighted by Crippen LogP contribution is -2.38. The van der Waals surface area contributed by atoms with Gasteiger partial charge in [-0.05, 0) is 12.8 Å². The Bertz CT molecular complexity index is 535. The van der Waals surface area contributed by atoms with Crippen LogP contribution in [-0.2, 0) is 13.0 Å². The molecule has 9 heteroatoms. The maximum Gasteiger partial charge on any atom is 0.358 e. The highest BCUT2D eigenvalue weighted by Gasteiger charge is 2.41. The standard InChI is InChI=1S/C14H24N4O5/c1-2-3-4-5-10-11(14(22)23)16-17-18(10)6-8-12(20)13(21)9(7-19)15-8/h8-9,12-13,15,19-21H,2-7H2,1H3,(H,22,23)/t8-,9-,12-,13-/m1/s1. The maximum absolute atomic E-state index is 11.3. The summed E-state index contributed by atoms with van der Waals surface area (Å²) in [7, 11) is 0. The monoisotopic (exact) mass is 328 g/mol. The van der Waals surface area contributed by atoms with E-state index in [4.69, 9.17) is 5.11 Å². The molecule has 1 aromatic rings. The highest BCUT2D eigenvalue weighted by Crippen LogP contribution is 2.18. The van der Waals surface area contributed by atoms with E-state index in [1.165, 1.54) is 4.68 Å². The second-order valence-electron chi connectivity index (χ2n) is 5.87. The van der Waals surface area contributed by atoms with Crippen molar-refractivity contribution in [3.8, 4) is 0 Å². The number of aromatic nitrogens is 3. The van der Waals surface area contributed by atoms with Crippen LogP contribution in [0.4, 0.5) is 0 Å². The lowest BCUT2D eigenvalue weighted by atomic mass is 10.1. The molecule has 1 saturated heterocycles.